The van der Waals surface area contributed by atoms with E-state index in [9.17, 15) is 13.2 Å². The van der Waals surface area contributed by atoms with E-state index in [2.05, 4.69) is 42.7 Å². The lowest BCUT2D eigenvalue weighted by Gasteiger charge is -2.09. The number of imidazole rings is 1. The maximum absolute atomic E-state index is 12.9. The van der Waals surface area contributed by atoms with Crippen LogP contribution in [0, 0.1) is 5.92 Å². The van der Waals surface area contributed by atoms with E-state index in [1.54, 1.807) is 0 Å². The number of benzene rings is 2. The van der Waals surface area contributed by atoms with Gasteiger partial charge in [-0.3, -0.25) is 0 Å². The van der Waals surface area contributed by atoms with E-state index in [1.165, 1.54) is 28.4 Å². The third-order valence-electron chi connectivity index (χ3n) is 5.48. The molecule has 0 N–H and O–H groups in total. The summed E-state index contributed by atoms with van der Waals surface area (Å²) in [4.78, 5) is 0. The number of fused-ring (bicyclic) bond motifs is 5. The monoisotopic (exact) mass is 408 g/mol. The molecule has 152 valence electrons. The van der Waals surface area contributed by atoms with Crippen LogP contribution < -0.4 is 4.40 Å². The molecule has 30 heavy (non-hydrogen) atoms. The molecule has 5 aromatic rings. The van der Waals surface area contributed by atoms with Crippen LogP contribution in [0.5, 0.6) is 0 Å². The zero-order chi connectivity index (χ0) is 21.0. The quantitative estimate of drug-likeness (QED) is 0.325. The third kappa shape index (κ3) is 2.95. The summed E-state index contributed by atoms with van der Waals surface area (Å²) in [5.74, 6) is 0.473. The van der Waals surface area contributed by atoms with Gasteiger partial charge in [-0.2, -0.15) is 13.2 Å². The van der Waals surface area contributed by atoms with E-state index in [-0.39, 0.29) is 0 Å². The summed E-state index contributed by atoms with van der Waals surface area (Å²) in [5, 5.41) is 2.38. The van der Waals surface area contributed by atoms with Gasteiger partial charge in [0.1, 0.15) is 17.4 Å². The molecule has 0 radical (unpaired) electrons. The van der Waals surface area contributed by atoms with E-state index in [1.807, 2.05) is 33.8 Å². The number of hydrogen-bond acceptors (Lipinski definition) is 0. The van der Waals surface area contributed by atoms with Crippen LogP contribution in [0.2, 0.25) is 0 Å². The summed E-state index contributed by atoms with van der Waals surface area (Å²) in [6.07, 6.45) is 1.55. The van der Waals surface area contributed by atoms with Crippen molar-refractivity contribution in [1.82, 2.24) is 9.13 Å². The molecule has 0 unspecified atom stereocenters. The number of halogens is 3. The second kappa shape index (κ2) is 6.62. The van der Waals surface area contributed by atoms with Gasteiger partial charge >= 0.3 is 6.18 Å². The van der Waals surface area contributed by atoms with E-state index in [4.69, 9.17) is 0 Å². The van der Waals surface area contributed by atoms with Gasteiger partial charge in [-0.05, 0) is 42.3 Å². The molecule has 0 bridgehead atoms. The van der Waals surface area contributed by atoms with Crippen LogP contribution in [0.4, 0.5) is 13.2 Å². The van der Waals surface area contributed by atoms with Gasteiger partial charge in [0.2, 0.25) is 0 Å². The minimum absolute atomic E-state index is 0.473. The maximum atomic E-state index is 12.9. The number of pyridine rings is 1. The fraction of sp³-hybridized carbons (Fsp3) is 0.208. The highest BCUT2D eigenvalue weighted by Gasteiger charge is 2.30. The van der Waals surface area contributed by atoms with Crippen LogP contribution in [0.3, 0.4) is 0 Å². The Morgan fingerprint density at radius 1 is 0.933 bits per heavy atom. The number of para-hydroxylation sites is 1. The van der Waals surface area contributed by atoms with E-state index in [0.29, 0.717) is 11.6 Å². The van der Waals surface area contributed by atoms with E-state index >= 15 is 0 Å². The van der Waals surface area contributed by atoms with Crippen molar-refractivity contribution in [2.24, 2.45) is 5.92 Å². The predicted octanol–water partition coefficient (Wildman–Crippen LogP) is 6.00. The average molecular weight is 408 g/mol. The molecule has 0 aliphatic carbocycles. The van der Waals surface area contributed by atoms with Crippen molar-refractivity contribution >= 4 is 27.3 Å². The SMILES string of the molecule is CC(C)Cn1c2ccccc2c2cc[n+]3cn(-c4ccc(C(F)(F)F)cc4)cc3c21. The first-order valence-corrected chi connectivity index (χ1v) is 9.93. The first-order valence-electron chi connectivity index (χ1n) is 9.93. The zero-order valence-corrected chi connectivity index (χ0v) is 16.7. The summed E-state index contributed by atoms with van der Waals surface area (Å²) in [5.41, 5.74) is 3.39. The molecule has 6 heteroatoms. The Labute approximate surface area is 171 Å². The smallest absolute Gasteiger partial charge is 0.337 e. The molecule has 3 nitrogen and oxygen atoms in total. The molecule has 0 aliphatic heterocycles. The molecule has 0 aliphatic rings. The number of nitrogens with zero attached hydrogens (tertiary/aromatic N) is 3. The summed E-state index contributed by atoms with van der Waals surface area (Å²) < 4.78 is 44.9. The van der Waals surface area contributed by atoms with Crippen LogP contribution in [-0.4, -0.2) is 9.13 Å². The maximum Gasteiger partial charge on any atom is 0.416 e. The third-order valence-corrected chi connectivity index (χ3v) is 5.48. The Bertz CT molecular complexity index is 1370. The van der Waals surface area contributed by atoms with E-state index in [0.717, 1.165) is 29.7 Å². The molecule has 0 spiro atoms. The number of hydrogen-bond donors (Lipinski definition) is 0. The van der Waals surface area contributed by atoms with Gasteiger partial charge in [0.25, 0.3) is 6.33 Å². The van der Waals surface area contributed by atoms with Crippen LogP contribution in [0.15, 0.2) is 73.3 Å². The highest BCUT2D eigenvalue weighted by molar-refractivity contribution is 6.11. The molecular formula is C24H21F3N3+. The Hall–Kier alpha value is -3.28. The Morgan fingerprint density at radius 3 is 2.37 bits per heavy atom. The van der Waals surface area contributed by atoms with Crippen molar-refractivity contribution in [3.05, 3.63) is 78.9 Å². The zero-order valence-electron chi connectivity index (χ0n) is 16.7. The van der Waals surface area contributed by atoms with E-state index < -0.39 is 11.7 Å². The topological polar surface area (TPSA) is 14.0 Å². The van der Waals surface area contributed by atoms with Crippen LogP contribution >= 0.6 is 0 Å². The minimum atomic E-state index is -4.33. The van der Waals surface area contributed by atoms with Crippen molar-refractivity contribution in [3.63, 3.8) is 0 Å². The molecule has 0 saturated heterocycles. The lowest BCUT2D eigenvalue weighted by Crippen LogP contribution is -2.18. The lowest BCUT2D eigenvalue weighted by atomic mass is 10.2. The minimum Gasteiger partial charge on any atom is -0.337 e. The molecule has 5 rings (SSSR count). The summed E-state index contributed by atoms with van der Waals surface area (Å²) in [6, 6.07) is 15.7. The summed E-state index contributed by atoms with van der Waals surface area (Å²) in [6.45, 7) is 5.28. The van der Waals surface area contributed by atoms with Crippen LogP contribution in [-0.2, 0) is 12.7 Å². The fourth-order valence-corrected chi connectivity index (χ4v) is 4.18. The van der Waals surface area contributed by atoms with Gasteiger partial charge in [0, 0.05) is 22.8 Å². The van der Waals surface area contributed by atoms with Crippen LogP contribution in [0.25, 0.3) is 33.0 Å². The first-order chi connectivity index (χ1) is 14.3. The second-order valence-electron chi connectivity index (χ2n) is 8.09. The Kier molecular flexibility index (Phi) is 4.13. The summed E-state index contributed by atoms with van der Waals surface area (Å²) >= 11 is 0. The molecule has 3 aromatic heterocycles. The van der Waals surface area contributed by atoms with Crippen LogP contribution in [0.1, 0.15) is 19.4 Å². The largest absolute Gasteiger partial charge is 0.416 e. The van der Waals surface area contributed by atoms with Gasteiger partial charge < -0.3 is 4.57 Å². The first kappa shape index (κ1) is 18.7. The Balaban J connectivity index is 1.74. The second-order valence-corrected chi connectivity index (χ2v) is 8.09. The highest BCUT2D eigenvalue weighted by Crippen LogP contribution is 2.32. The summed E-state index contributed by atoms with van der Waals surface area (Å²) in [7, 11) is 0. The number of alkyl halides is 3. The molecule has 0 atom stereocenters. The predicted molar refractivity (Wildman–Crippen MR) is 112 cm³/mol. The highest BCUT2D eigenvalue weighted by atomic mass is 19.4. The standard InChI is InChI=1S/C24H21F3N3/c1-16(2)13-30-21-6-4-3-5-19(21)20-11-12-28-15-29(14-22(28)23(20)30)18-9-7-17(8-10-18)24(25,26)27/h3-12,14-16H,13H2,1-2H3/q+1. The average Bonchev–Trinajstić information content (AvgIpc) is 3.27. The molecular weight excluding hydrogens is 387 g/mol. The van der Waals surface area contributed by atoms with Crippen molar-refractivity contribution in [3.8, 4) is 5.69 Å². The van der Waals surface area contributed by atoms with Crippen molar-refractivity contribution in [2.45, 2.75) is 26.6 Å². The van der Waals surface area contributed by atoms with Crippen molar-refractivity contribution in [2.75, 3.05) is 0 Å². The molecule has 3 heterocycles. The number of aromatic nitrogens is 3. The van der Waals surface area contributed by atoms with Gasteiger partial charge in [-0.15, -0.1) is 0 Å². The van der Waals surface area contributed by atoms with Gasteiger partial charge in [-0.1, -0.05) is 32.0 Å². The van der Waals surface area contributed by atoms with Gasteiger partial charge in [0.15, 0.2) is 5.52 Å². The van der Waals surface area contributed by atoms with Crippen molar-refractivity contribution < 1.29 is 17.6 Å². The lowest BCUT2D eigenvalue weighted by molar-refractivity contribution is -0.510. The fourth-order valence-electron chi connectivity index (χ4n) is 4.18. The molecule has 0 amide bonds. The van der Waals surface area contributed by atoms with Gasteiger partial charge in [-0.25, -0.2) is 8.97 Å². The molecule has 2 aromatic carbocycles. The molecule has 0 saturated carbocycles. The molecule has 0 fully saturated rings. The normalized spacial score (nSPS) is 12.6. The number of rotatable bonds is 3. The van der Waals surface area contributed by atoms with Crippen molar-refractivity contribution in [1.29, 1.82) is 0 Å². The van der Waals surface area contributed by atoms with Gasteiger partial charge in [0.05, 0.1) is 11.8 Å². The Morgan fingerprint density at radius 2 is 1.67 bits per heavy atom.